The quantitative estimate of drug-likeness (QED) is 0.336. The fraction of sp³-hybridized carbons (Fsp3) is 0.318. The molecule has 8 heteroatoms. The minimum Gasteiger partial charge on any atom is -0.465 e. The number of thiophene rings is 1. The molecule has 0 spiro atoms. The van der Waals surface area contributed by atoms with Crippen molar-refractivity contribution in [3.63, 3.8) is 0 Å². The molecular formula is C22H24N4O2S2. The first-order valence-electron chi connectivity index (χ1n) is 10.0. The van der Waals surface area contributed by atoms with Crippen LogP contribution in [0.5, 0.6) is 0 Å². The number of carbonyl (C=O) groups excluding carboxylic acids is 1. The van der Waals surface area contributed by atoms with Gasteiger partial charge in [-0.05, 0) is 67.2 Å². The Balaban J connectivity index is 1.45. The molecule has 0 bridgehead atoms. The first-order chi connectivity index (χ1) is 14.6. The third kappa shape index (κ3) is 4.71. The Morgan fingerprint density at radius 1 is 1.20 bits per heavy atom. The van der Waals surface area contributed by atoms with Gasteiger partial charge < -0.3 is 15.4 Å². The standard InChI is InChI=1S/C22H24N4O2S2/c1-28-21(27)19-17-6-3-2-4-7-18(17)30-20(19)25-22(29)24-16-10-8-15(9-11-16)14-26-13-5-12-23-26/h5,8-13H,2-4,6-7,14H2,1H3,(H2,24,25,29). The van der Waals surface area contributed by atoms with Crippen LogP contribution in [0.25, 0.3) is 0 Å². The van der Waals surface area contributed by atoms with Crippen molar-refractivity contribution >= 4 is 45.3 Å². The molecule has 2 aromatic heterocycles. The number of ether oxygens (including phenoxy) is 1. The molecule has 2 heterocycles. The summed E-state index contributed by atoms with van der Waals surface area (Å²) in [5, 5.41) is 11.9. The summed E-state index contributed by atoms with van der Waals surface area (Å²) >= 11 is 7.13. The molecule has 1 aliphatic carbocycles. The lowest BCUT2D eigenvalue weighted by molar-refractivity contribution is 0.0601. The zero-order chi connectivity index (χ0) is 20.9. The predicted molar refractivity (Wildman–Crippen MR) is 125 cm³/mol. The van der Waals surface area contributed by atoms with Crippen LogP contribution in [-0.2, 0) is 24.1 Å². The summed E-state index contributed by atoms with van der Waals surface area (Å²) in [4.78, 5) is 13.7. The first-order valence-corrected chi connectivity index (χ1v) is 11.2. The van der Waals surface area contributed by atoms with E-state index in [2.05, 4.69) is 15.7 Å². The topological polar surface area (TPSA) is 68.2 Å². The highest BCUT2D eigenvalue weighted by atomic mass is 32.1. The van der Waals surface area contributed by atoms with Gasteiger partial charge in [0.2, 0.25) is 0 Å². The van der Waals surface area contributed by atoms with E-state index < -0.39 is 0 Å². The van der Waals surface area contributed by atoms with Gasteiger partial charge in [0, 0.05) is 23.0 Å². The van der Waals surface area contributed by atoms with E-state index in [1.54, 1.807) is 17.5 Å². The molecule has 0 radical (unpaired) electrons. The molecule has 0 saturated carbocycles. The van der Waals surface area contributed by atoms with Crippen LogP contribution in [0.15, 0.2) is 42.7 Å². The lowest BCUT2D eigenvalue weighted by Gasteiger charge is -2.12. The van der Waals surface area contributed by atoms with Crippen molar-refractivity contribution in [3.05, 3.63) is 64.3 Å². The van der Waals surface area contributed by atoms with E-state index in [1.807, 2.05) is 41.2 Å². The number of benzene rings is 1. The van der Waals surface area contributed by atoms with Crippen molar-refractivity contribution < 1.29 is 9.53 Å². The highest BCUT2D eigenvalue weighted by Gasteiger charge is 2.25. The monoisotopic (exact) mass is 440 g/mol. The Morgan fingerprint density at radius 3 is 2.73 bits per heavy atom. The molecule has 4 rings (SSSR count). The van der Waals surface area contributed by atoms with E-state index in [1.165, 1.54) is 18.4 Å². The number of hydrogen-bond acceptors (Lipinski definition) is 5. The van der Waals surface area contributed by atoms with Crippen LogP contribution < -0.4 is 10.6 Å². The van der Waals surface area contributed by atoms with Crippen LogP contribution in [0.1, 0.15) is 45.6 Å². The second-order valence-electron chi connectivity index (χ2n) is 7.24. The summed E-state index contributed by atoms with van der Waals surface area (Å²) in [6.07, 6.45) is 9.07. The van der Waals surface area contributed by atoms with E-state index in [-0.39, 0.29) is 5.97 Å². The van der Waals surface area contributed by atoms with Gasteiger partial charge in [-0.2, -0.15) is 5.10 Å². The van der Waals surface area contributed by atoms with Gasteiger partial charge in [-0.25, -0.2) is 4.79 Å². The van der Waals surface area contributed by atoms with Gasteiger partial charge >= 0.3 is 5.97 Å². The molecule has 6 nitrogen and oxygen atoms in total. The predicted octanol–water partition coefficient (Wildman–Crippen LogP) is 4.86. The van der Waals surface area contributed by atoms with Crippen molar-refractivity contribution in [1.29, 1.82) is 0 Å². The Bertz CT molecular complexity index is 1030. The average Bonchev–Trinajstić information content (AvgIpc) is 3.30. The van der Waals surface area contributed by atoms with E-state index in [4.69, 9.17) is 17.0 Å². The van der Waals surface area contributed by atoms with E-state index in [0.29, 0.717) is 10.7 Å². The number of esters is 1. The van der Waals surface area contributed by atoms with Gasteiger partial charge in [0.1, 0.15) is 5.00 Å². The van der Waals surface area contributed by atoms with Crippen molar-refractivity contribution in [1.82, 2.24) is 9.78 Å². The smallest absolute Gasteiger partial charge is 0.341 e. The van der Waals surface area contributed by atoms with Crippen LogP contribution in [0, 0.1) is 0 Å². The minimum absolute atomic E-state index is 0.303. The maximum atomic E-state index is 12.5. The van der Waals surface area contributed by atoms with Gasteiger partial charge in [-0.3, -0.25) is 4.68 Å². The summed E-state index contributed by atoms with van der Waals surface area (Å²) < 4.78 is 6.93. The number of rotatable bonds is 5. The maximum Gasteiger partial charge on any atom is 0.341 e. The molecule has 0 saturated heterocycles. The molecule has 0 unspecified atom stereocenters. The van der Waals surface area contributed by atoms with E-state index in [0.717, 1.165) is 54.0 Å². The summed E-state index contributed by atoms with van der Waals surface area (Å²) in [5.41, 5.74) is 3.79. The number of carbonyl (C=O) groups is 1. The molecule has 0 fully saturated rings. The number of fused-ring (bicyclic) bond motifs is 1. The number of anilines is 2. The number of nitrogens with zero attached hydrogens (tertiary/aromatic N) is 2. The zero-order valence-corrected chi connectivity index (χ0v) is 18.4. The minimum atomic E-state index is -0.303. The number of hydrogen-bond donors (Lipinski definition) is 2. The maximum absolute atomic E-state index is 12.5. The molecule has 2 N–H and O–H groups in total. The lowest BCUT2D eigenvalue weighted by atomic mass is 10.1. The Hall–Kier alpha value is -2.71. The fourth-order valence-electron chi connectivity index (χ4n) is 3.69. The largest absolute Gasteiger partial charge is 0.465 e. The van der Waals surface area contributed by atoms with Gasteiger partial charge in [0.05, 0.1) is 19.2 Å². The molecule has 1 aromatic carbocycles. The third-order valence-corrected chi connectivity index (χ3v) is 6.56. The molecule has 1 aliphatic rings. The Morgan fingerprint density at radius 2 is 2.00 bits per heavy atom. The van der Waals surface area contributed by atoms with Gasteiger partial charge in [-0.15, -0.1) is 11.3 Å². The highest BCUT2D eigenvalue weighted by Crippen LogP contribution is 2.38. The Labute approximate surface area is 185 Å². The highest BCUT2D eigenvalue weighted by molar-refractivity contribution is 7.80. The number of aromatic nitrogens is 2. The molecule has 0 amide bonds. The summed E-state index contributed by atoms with van der Waals surface area (Å²) in [5.74, 6) is -0.303. The van der Waals surface area contributed by atoms with Crippen molar-refractivity contribution in [2.45, 2.75) is 38.6 Å². The number of thiocarbonyl (C=S) groups is 1. The average molecular weight is 441 g/mol. The second-order valence-corrected chi connectivity index (χ2v) is 8.75. The number of methoxy groups -OCH3 is 1. The molecular weight excluding hydrogens is 416 g/mol. The van der Waals surface area contributed by atoms with Crippen LogP contribution in [-0.4, -0.2) is 28.0 Å². The Kier molecular flexibility index (Phi) is 6.44. The van der Waals surface area contributed by atoms with Gasteiger partial charge in [-0.1, -0.05) is 18.6 Å². The molecule has 30 heavy (non-hydrogen) atoms. The van der Waals surface area contributed by atoms with E-state index >= 15 is 0 Å². The lowest BCUT2D eigenvalue weighted by Crippen LogP contribution is -2.20. The van der Waals surface area contributed by atoms with Crippen LogP contribution in [0.2, 0.25) is 0 Å². The van der Waals surface area contributed by atoms with Crippen molar-refractivity contribution in [3.8, 4) is 0 Å². The van der Waals surface area contributed by atoms with Gasteiger partial charge in [0.15, 0.2) is 5.11 Å². The second kappa shape index (κ2) is 9.40. The molecule has 0 atom stereocenters. The van der Waals surface area contributed by atoms with Gasteiger partial charge in [0.25, 0.3) is 0 Å². The van der Waals surface area contributed by atoms with Crippen molar-refractivity contribution in [2.75, 3.05) is 17.7 Å². The van der Waals surface area contributed by atoms with Crippen LogP contribution >= 0.6 is 23.6 Å². The summed E-state index contributed by atoms with van der Waals surface area (Å²) in [6, 6.07) is 9.96. The van der Waals surface area contributed by atoms with Crippen molar-refractivity contribution in [2.24, 2.45) is 0 Å². The third-order valence-electron chi connectivity index (χ3n) is 5.15. The molecule has 0 aliphatic heterocycles. The normalized spacial score (nSPS) is 13.2. The zero-order valence-electron chi connectivity index (χ0n) is 16.8. The summed E-state index contributed by atoms with van der Waals surface area (Å²) in [6.45, 7) is 0.721. The fourth-order valence-corrected chi connectivity index (χ4v) is 5.26. The van der Waals surface area contributed by atoms with E-state index in [9.17, 15) is 4.79 Å². The van der Waals surface area contributed by atoms with Crippen LogP contribution in [0.3, 0.4) is 0 Å². The SMILES string of the molecule is COC(=O)c1c(NC(=S)Nc2ccc(Cn3cccn3)cc2)sc2c1CCCCC2. The molecule has 3 aromatic rings. The molecule has 156 valence electrons. The van der Waals surface area contributed by atoms with Crippen LogP contribution in [0.4, 0.5) is 10.7 Å². The summed E-state index contributed by atoms with van der Waals surface area (Å²) in [7, 11) is 1.42. The number of aryl methyl sites for hydroxylation is 1. The number of nitrogens with one attached hydrogen (secondary N) is 2. The first kappa shape index (κ1) is 20.6.